The van der Waals surface area contributed by atoms with E-state index in [2.05, 4.69) is 10.1 Å². The summed E-state index contributed by atoms with van der Waals surface area (Å²) in [6, 6.07) is 3.35. The second-order valence-corrected chi connectivity index (χ2v) is 4.59. The van der Waals surface area contributed by atoms with Gasteiger partial charge in [-0.1, -0.05) is 6.07 Å². The average molecular weight is 292 g/mol. The van der Waals surface area contributed by atoms with Gasteiger partial charge in [-0.25, -0.2) is 13.6 Å². The Morgan fingerprint density at radius 2 is 1.90 bits per heavy atom. The summed E-state index contributed by atoms with van der Waals surface area (Å²) in [4.78, 5) is 26.5. The first-order valence-corrected chi connectivity index (χ1v) is 6.06. The van der Waals surface area contributed by atoms with Crippen LogP contribution in [0.15, 0.2) is 34.0 Å². The largest absolute Gasteiger partial charge is 0.330 e. The van der Waals surface area contributed by atoms with E-state index < -0.39 is 29.4 Å². The van der Waals surface area contributed by atoms with Gasteiger partial charge in [0.2, 0.25) is 0 Å². The molecule has 0 aliphatic carbocycles. The molecule has 3 aromatic rings. The lowest BCUT2D eigenvalue weighted by molar-refractivity contribution is 0.537. The fourth-order valence-corrected chi connectivity index (χ4v) is 2.13. The van der Waals surface area contributed by atoms with Crippen molar-refractivity contribution in [2.24, 2.45) is 7.05 Å². The van der Waals surface area contributed by atoms with Gasteiger partial charge in [-0.3, -0.25) is 19.0 Å². The van der Waals surface area contributed by atoms with Crippen LogP contribution >= 0.6 is 0 Å². The van der Waals surface area contributed by atoms with E-state index in [4.69, 9.17) is 0 Å². The maximum Gasteiger partial charge on any atom is 0.330 e. The number of aromatic nitrogens is 4. The molecule has 1 aromatic carbocycles. The monoisotopic (exact) mass is 292 g/mol. The molecule has 0 spiro atoms. The first-order valence-electron chi connectivity index (χ1n) is 6.06. The molecule has 0 aliphatic heterocycles. The summed E-state index contributed by atoms with van der Waals surface area (Å²) in [7, 11) is 1.60. The van der Waals surface area contributed by atoms with Crippen LogP contribution in [0.2, 0.25) is 0 Å². The molecule has 3 rings (SSSR count). The summed E-state index contributed by atoms with van der Waals surface area (Å²) in [6.07, 6.45) is 1.43. The first kappa shape index (κ1) is 13.2. The lowest BCUT2D eigenvalue weighted by Gasteiger charge is -2.06. The molecule has 21 heavy (non-hydrogen) atoms. The Balaban J connectivity index is 2.22. The molecule has 0 fully saturated rings. The Kier molecular flexibility index (Phi) is 2.93. The maximum absolute atomic E-state index is 13.6. The van der Waals surface area contributed by atoms with Gasteiger partial charge in [0.1, 0.15) is 17.0 Å². The Bertz CT molecular complexity index is 935. The Hall–Kier alpha value is -2.77. The SMILES string of the molecule is Cn1cc2c(=O)n(Cc3c(F)cccc3F)c(=O)[nH]c2n1. The molecule has 0 atom stereocenters. The molecule has 0 unspecified atom stereocenters. The number of hydrogen-bond acceptors (Lipinski definition) is 3. The highest BCUT2D eigenvalue weighted by Crippen LogP contribution is 2.12. The van der Waals surface area contributed by atoms with Crippen LogP contribution in [0.1, 0.15) is 5.56 Å². The van der Waals surface area contributed by atoms with Crippen molar-refractivity contribution in [3.05, 3.63) is 62.4 Å². The number of rotatable bonds is 2. The zero-order valence-corrected chi connectivity index (χ0v) is 10.9. The van der Waals surface area contributed by atoms with Crippen molar-refractivity contribution in [2.45, 2.75) is 6.54 Å². The van der Waals surface area contributed by atoms with E-state index in [0.717, 1.165) is 16.7 Å². The molecular weight excluding hydrogens is 282 g/mol. The molecule has 0 saturated heterocycles. The lowest BCUT2D eigenvalue weighted by atomic mass is 10.2. The van der Waals surface area contributed by atoms with Crippen molar-refractivity contribution in [3.63, 3.8) is 0 Å². The Labute approximate surface area is 116 Å². The van der Waals surface area contributed by atoms with Gasteiger partial charge in [0.15, 0.2) is 5.65 Å². The summed E-state index contributed by atoms with van der Waals surface area (Å²) in [5, 5.41) is 4.09. The third-order valence-electron chi connectivity index (χ3n) is 3.15. The van der Waals surface area contributed by atoms with Crippen LogP contribution in [0.5, 0.6) is 0 Å². The number of aryl methyl sites for hydroxylation is 1. The van der Waals surface area contributed by atoms with Gasteiger partial charge in [0, 0.05) is 18.8 Å². The first-order chi connectivity index (χ1) is 9.97. The molecule has 0 bridgehead atoms. The topological polar surface area (TPSA) is 72.7 Å². The van der Waals surface area contributed by atoms with Gasteiger partial charge >= 0.3 is 5.69 Å². The van der Waals surface area contributed by atoms with Crippen molar-refractivity contribution >= 4 is 11.0 Å². The van der Waals surface area contributed by atoms with E-state index in [-0.39, 0.29) is 16.6 Å². The third-order valence-corrected chi connectivity index (χ3v) is 3.15. The van der Waals surface area contributed by atoms with Crippen molar-refractivity contribution in [1.29, 1.82) is 0 Å². The minimum Gasteiger partial charge on any atom is -0.290 e. The number of nitrogens with zero attached hydrogens (tertiary/aromatic N) is 3. The number of aromatic amines is 1. The highest BCUT2D eigenvalue weighted by Gasteiger charge is 2.15. The molecule has 108 valence electrons. The van der Waals surface area contributed by atoms with Crippen molar-refractivity contribution in [1.82, 2.24) is 19.3 Å². The minimum absolute atomic E-state index is 0.137. The van der Waals surface area contributed by atoms with E-state index in [0.29, 0.717) is 0 Å². The number of halogens is 2. The molecule has 6 nitrogen and oxygen atoms in total. The van der Waals surface area contributed by atoms with E-state index in [9.17, 15) is 18.4 Å². The van der Waals surface area contributed by atoms with Crippen molar-refractivity contribution in [3.8, 4) is 0 Å². The predicted molar refractivity (Wildman–Crippen MR) is 71.1 cm³/mol. The number of nitrogens with one attached hydrogen (secondary N) is 1. The van der Waals surface area contributed by atoms with Crippen LogP contribution in [0.3, 0.4) is 0 Å². The van der Waals surface area contributed by atoms with E-state index >= 15 is 0 Å². The van der Waals surface area contributed by atoms with Gasteiger partial charge in [-0.2, -0.15) is 5.10 Å². The molecule has 2 aromatic heterocycles. The van der Waals surface area contributed by atoms with Gasteiger partial charge < -0.3 is 0 Å². The van der Waals surface area contributed by atoms with Crippen LogP contribution in [-0.4, -0.2) is 19.3 Å². The lowest BCUT2D eigenvalue weighted by Crippen LogP contribution is -2.35. The van der Waals surface area contributed by atoms with E-state index in [1.807, 2.05) is 0 Å². The fourth-order valence-electron chi connectivity index (χ4n) is 2.13. The molecular formula is C13H10F2N4O2. The normalized spacial score (nSPS) is 11.2. The maximum atomic E-state index is 13.6. The zero-order chi connectivity index (χ0) is 15.1. The molecule has 0 aliphatic rings. The minimum atomic E-state index is -0.812. The van der Waals surface area contributed by atoms with Crippen LogP contribution in [-0.2, 0) is 13.6 Å². The zero-order valence-electron chi connectivity index (χ0n) is 10.9. The van der Waals surface area contributed by atoms with Crippen LogP contribution in [0.25, 0.3) is 11.0 Å². The summed E-state index contributed by atoms with van der Waals surface area (Å²) in [5.41, 5.74) is -1.62. The highest BCUT2D eigenvalue weighted by atomic mass is 19.1. The van der Waals surface area contributed by atoms with Crippen LogP contribution in [0.4, 0.5) is 8.78 Å². The summed E-state index contributed by atoms with van der Waals surface area (Å²) in [6.45, 7) is -0.489. The number of benzene rings is 1. The van der Waals surface area contributed by atoms with Crippen molar-refractivity contribution < 1.29 is 8.78 Å². The summed E-state index contributed by atoms with van der Waals surface area (Å²) < 4.78 is 29.4. The number of fused-ring (bicyclic) bond motifs is 1. The quantitative estimate of drug-likeness (QED) is 0.757. The highest BCUT2D eigenvalue weighted by molar-refractivity contribution is 5.72. The predicted octanol–water partition coefficient (Wildman–Crippen LogP) is 0.750. The number of hydrogen-bond donors (Lipinski definition) is 1. The molecule has 0 saturated carbocycles. The van der Waals surface area contributed by atoms with Gasteiger partial charge in [0.05, 0.1) is 6.54 Å². The van der Waals surface area contributed by atoms with Gasteiger partial charge in [-0.15, -0.1) is 0 Å². The Morgan fingerprint density at radius 1 is 1.24 bits per heavy atom. The molecule has 1 N–H and O–H groups in total. The van der Waals surface area contributed by atoms with Crippen molar-refractivity contribution in [2.75, 3.05) is 0 Å². The number of H-pyrrole nitrogens is 1. The second kappa shape index (κ2) is 4.65. The third kappa shape index (κ3) is 2.14. The standard InChI is InChI=1S/C13H10F2N4O2/c1-18-5-8-11(17-18)16-13(21)19(12(8)20)6-7-9(14)3-2-4-10(7)15/h2-5H,6H2,1H3,(H,16,17,21). The summed E-state index contributed by atoms with van der Waals surface area (Å²) in [5.74, 6) is -1.62. The average Bonchev–Trinajstić information content (AvgIpc) is 2.78. The summed E-state index contributed by atoms with van der Waals surface area (Å²) >= 11 is 0. The van der Waals surface area contributed by atoms with E-state index in [1.165, 1.54) is 16.9 Å². The molecule has 0 radical (unpaired) electrons. The smallest absolute Gasteiger partial charge is 0.290 e. The molecule has 0 amide bonds. The van der Waals surface area contributed by atoms with Gasteiger partial charge in [-0.05, 0) is 12.1 Å². The van der Waals surface area contributed by atoms with E-state index in [1.54, 1.807) is 7.05 Å². The molecule has 2 heterocycles. The van der Waals surface area contributed by atoms with Crippen LogP contribution in [0, 0.1) is 11.6 Å². The fraction of sp³-hybridized carbons (Fsp3) is 0.154. The van der Waals surface area contributed by atoms with Crippen LogP contribution < -0.4 is 11.2 Å². The van der Waals surface area contributed by atoms with Gasteiger partial charge in [0.25, 0.3) is 5.56 Å². The Morgan fingerprint density at radius 3 is 2.57 bits per heavy atom. The molecule has 8 heteroatoms. The second-order valence-electron chi connectivity index (χ2n) is 4.59.